The van der Waals surface area contributed by atoms with Gasteiger partial charge in [-0.2, -0.15) is 0 Å². The van der Waals surface area contributed by atoms with Gasteiger partial charge in [0.15, 0.2) is 0 Å². The van der Waals surface area contributed by atoms with Gasteiger partial charge in [0.25, 0.3) is 0 Å². The molecule has 0 radical (unpaired) electrons. The Morgan fingerprint density at radius 1 is 0.848 bits per heavy atom. The van der Waals surface area contributed by atoms with E-state index in [0.29, 0.717) is 24.0 Å². The summed E-state index contributed by atoms with van der Waals surface area (Å²) >= 11 is 0. The van der Waals surface area contributed by atoms with Crippen LogP contribution in [0, 0.1) is 23.5 Å². The second kappa shape index (κ2) is 9.00. The van der Waals surface area contributed by atoms with Gasteiger partial charge in [-0.25, -0.2) is 18.7 Å². The molecule has 0 amide bonds. The van der Waals surface area contributed by atoms with Gasteiger partial charge in [0.2, 0.25) is 5.95 Å². The number of aliphatic imine (C=N–C) groups is 1. The number of benzene rings is 2. The minimum Gasteiger partial charge on any atom is -0.340 e. The van der Waals surface area contributed by atoms with Crippen LogP contribution < -0.4 is 4.90 Å². The Balaban J connectivity index is 1.31. The average molecular weight is 447 g/mol. The van der Waals surface area contributed by atoms with Gasteiger partial charge < -0.3 is 4.90 Å². The third-order valence-corrected chi connectivity index (χ3v) is 6.64. The fourth-order valence-electron chi connectivity index (χ4n) is 5.15. The van der Waals surface area contributed by atoms with Gasteiger partial charge in [0.05, 0.1) is 11.6 Å². The van der Waals surface area contributed by atoms with Crippen molar-refractivity contribution in [1.29, 1.82) is 0 Å². The molecule has 3 aromatic rings. The molecule has 0 saturated carbocycles. The number of rotatable bonds is 4. The summed E-state index contributed by atoms with van der Waals surface area (Å²) in [6.45, 7) is 6.56. The van der Waals surface area contributed by atoms with Gasteiger partial charge in [-0.1, -0.05) is 44.2 Å². The molecule has 3 unspecified atom stereocenters. The fourth-order valence-corrected chi connectivity index (χ4v) is 5.15. The zero-order chi connectivity index (χ0) is 22.9. The molecule has 1 saturated heterocycles. The largest absolute Gasteiger partial charge is 0.340 e. The molecular weight excluding hydrogens is 418 g/mol. The molecule has 3 heterocycles. The van der Waals surface area contributed by atoms with Crippen LogP contribution in [0.15, 0.2) is 59.9 Å². The lowest BCUT2D eigenvalue weighted by Crippen LogP contribution is -2.39. The van der Waals surface area contributed by atoms with E-state index in [1.54, 1.807) is 0 Å². The highest BCUT2D eigenvalue weighted by atomic mass is 19.1. The zero-order valence-electron chi connectivity index (χ0n) is 19.0. The molecule has 0 aliphatic carbocycles. The summed E-state index contributed by atoms with van der Waals surface area (Å²) in [5.74, 6) is 0.988. The first-order chi connectivity index (χ1) is 16.0. The lowest BCUT2D eigenvalue weighted by molar-refractivity contribution is 0.353. The maximum atomic E-state index is 14.1. The summed E-state index contributed by atoms with van der Waals surface area (Å²) in [5, 5.41) is 0. The van der Waals surface area contributed by atoms with E-state index in [1.807, 2.05) is 36.7 Å². The van der Waals surface area contributed by atoms with Crippen molar-refractivity contribution in [3.05, 3.63) is 77.6 Å². The van der Waals surface area contributed by atoms with Crippen molar-refractivity contribution in [3.63, 3.8) is 0 Å². The molecule has 0 bridgehead atoms. The molecular formula is C27H28F2N4. The molecule has 6 heteroatoms. The van der Waals surface area contributed by atoms with Crippen molar-refractivity contribution in [2.24, 2.45) is 16.8 Å². The van der Waals surface area contributed by atoms with E-state index < -0.39 is 11.6 Å². The van der Waals surface area contributed by atoms with Crippen molar-refractivity contribution in [1.82, 2.24) is 9.97 Å². The molecule has 0 N–H and O–H groups in total. The number of nitrogens with zero attached hydrogens (tertiary/aromatic N) is 4. The summed E-state index contributed by atoms with van der Waals surface area (Å²) in [6.07, 6.45) is 6.32. The van der Waals surface area contributed by atoms with Crippen molar-refractivity contribution in [2.75, 3.05) is 18.0 Å². The van der Waals surface area contributed by atoms with E-state index in [9.17, 15) is 8.78 Å². The van der Waals surface area contributed by atoms with Crippen molar-refractivity contribution >= 4 is 11.7 Å². The van der Waals surface area contributed by atoms with E-state index in [-0.39, 0.29) is 11.6 Å². The number of hydrogen-bond acceptors (Lipinski definition) is 4. The van der Waals surface area contributed by atoms with Crippen LogP contribution in [0.3, 0.4) is 0 Å². The number of hydrogen-bond donors (Lipinski definition) is 0. The number of piperidine rings is 1. The van der Waals surface area contributed by atoms with E-state index in [1.165, 1.54) is 24.6 Å². The third-order valence-electron chi connectivity index (χ3n) is 6.64. The smallest absolute Gasteiger partial charge is 0.225 e. The molecule has 1 aromatic heterocycles. The molecule has 4 nitrogen and oxygen atoms in total. The summed E-state index contributed by atoms with van der Waals surface area (Å²) < 4.78 is 28.2. The summed E-state index contributed by atoms with van der Waals surface area (Å²) in [6, 6.07) is 12.0. The van der Waals surface area contributed by atoms with Crippen molar-refractivity contribution in [3.8, 4) is 11.1 Å². The molecule has 2 aromatic carbocycles. The highest BCUT2D eigenvalue weighted by Crippen LogP contribution is 2.33. The first kappa shape index (κ1) is 21.7. The van der Waals surface area contributed by atoms with Crippen molar-refractivity contribution < 1.29 is 8.78 Å². The Morgan fingerprint density at radius 3 is 2.12 bits per heavy atom. The van der Waals surface area contributed by atoms with Gasteiger partial charge in [0.1, 0.15) is 11.6 Å². The fraction of sp³-hybridized carbons (Fsp3) is 0.370. The monoisotopic (exact) mass is 446 g/mol. The minimum atomic E-state index is -0.554. The molecule has 2 aliphatic heterocycles. The van der Waals surface area contributed by atoms with Crippen LogP contribution in [0.25, 0.3) is 11.1 Å². The predicted molar refractivity (Wildman–Crippen MR) is 127 cm³/mol. The normalized spacial score (nSPS) is 23.0. The zero-order valence-corrected chi connectivity index (χ0v) is 19.0. The molecule has 0 spiro atoms. The summed E-state index contributed by atoms with van der Waals surface area (Å²) in [7, 11) is 0. The van der Waals surface area contributed by atoms with E-state index in [2.05, 4.69) is 33.7 Å². The SMILES string of the molecule is CC1CC(C)CN(c2ncc(-c3ccc(C4CCC(c5c(F)cccc5F)=N4)cc3)cn2)C1. The average Bonchev–Trinajstić information content (AvgIpc) is 3.28. The Hall–Kier alpha value is -3.15. The molecule has 1 fully saturated rings. The summed E-state index contributed by atoms with van der Waals surface area (Å²) in [4.78, 5) is 16.2. The lowest BCUT2D eigenvalue weighted by Gasteiger charge is -2.34. The van der Waals surface area contributed by atoms with E-state index >= 15 is 0 Å². The second-order valence-electron chi connectivity index (χ2n) is 9.47. The van der Waals surface area contributed by atoms with E-state index in [4.69, 9.17) is 0 Å². The van der Waals surface area contributed by atoms with Crippen LogP contribution in [0.5, 0.6) is 0 Å². The van der Waals surface area contributed by atoms with Crippen LogP contribution >= 0.6 is 0 Å². The van der Waals surface area contributed by atoms with Crippen molar-refractivity contribution in [2.45, 2.75) is 39.2 Å². The Morgan fingerprint density at radius 2 is 1.48 bits per heavy atom. The van der Waals surface area contributed by atoms with Crippen LogP contribution in [0.2, 0.25) is 0 Å². The Bertz CT molecular complexity index is 1130. The molecule has 3 atom stereocenters. The molecule has 33 heavy (non-hydrogen) atoms. The highest BCUT2D eigenvalue weighted by molar-refractivity contribution is 6.02. The van der Waals surface area contributed by atoms with Crippen LogP contribution in [0.4, 0.5) is 14.7 Å². The van der Waals surface area contributed by atoms with Gasteiger partial charge in [-0.05, 0) is 54.4 Å². The van der Waals surface area contributed by atoms with Gasteiger partial charge in [0, 0.05) is 36.8 Å². The number of aromatic nitrogens is 2. The molecule has 170 valence electrons. The van der Waals surface area contributed by atoms with E-state index in [0.717, 1.165) is 42.1 Å². The van der Waals surface area contributed by atoms with Gasteiger partial charge >= 0.3 is 0 Å². The second-order valence-corrected chi connectivity index (χ2v) is 9.47. The van der Waals surface area contributed by atoms with Crippen LogP contribution in [-0.4, -0.2) is 28.8 Å². The van der Waals surface area contributed by atoms with Gasteiger partial charge in [-0.15, -0.1) is 0 Å². The van der Waals surface area contributed by atoms with Gasteiger partial charge in [-0.3, -0.25) is 4.99 Å². The lowest BCUT2D eigenvalue weighted by atomic mass is 9.92. The Kier molecular flexibility index (Phi) is 5.92. The van der Waals surface area contributed by atoms with Crippen LogP contribution in [-0.2, 0) is 0 Å². The standard InChI is InChI=1S/C27H28F2N4/c1-17-12-18(2)16-33(15-17)27-30-13-21(14-31-27)19-6-8-20(9-7-19)24-10-11-25(32-24)26-22(28)4-3-5-23(26)29/h3-9,13-14,17-18,24H,10-12,15-16H2,1-2H3. The summed E-state index contributed by atoms with van der Waals surface area (Å²) in [5.41, 5.74) is 3.55. The molecule has 5 rings (SSSR count). The molecule has 2 aliphatic rings. The first-order valence-corrected chi connectivity index (χ1v) is 11.7. The quantitative estimate of drug-likeness (QED) is 0.477. The number of anilines is 1. The maximum Gasteiger partial charge on any atom is 0.225 e. The van der Waals surface area contributed by atoms with Crippen LogP contribution in [0.1, 0.15) is 50.3 Å². The number of halogens is 2. The first-order valence-electron chi connectivity index (χ1n) is 11.7. The third kappa shape index (κ3) is 4.52. The predicted octanol–water partition coefficient (Wildman–Crippen LogP) is 6.23. The highest BCUT2D eigenvalue weighted by Gasteiger charge is 2.25. The maximum absolute atomic E-state index is 14.1. The topological polar surface area (TPSA) is 41.4 Å². The Labute approximate surface area is 193 Å². The minimum absolute atomic E-state index is 0.00588.